The number of hydrogen-bond acceptors (Lipinski definition) is 2. The van der Waals surface area contributed by atoms with Gasteiger partial charge in [0.25, 0.3) is 0 Å². The zero-order valence-electron chi connectivity index (χ0n) is 10.3. The summed E-state index contributed by atoms with van der Waals surface area (Å²) in [5.41, 5.74) is 6.54. The molecule has 0 aliphatic carbocycles. The molecule has 3 N–H and O–H groups in total. The second kappa shape index (κ2) is 5.45. The molecule has 0 heterocycles. The maximum atomic E-state index is 13.7. The van der Waals surface area contributed by atoms with E-state index in [4.69, 9.17) is 17.3 Å². The summed E-state index contributed by atoms with van der Waals surface area (Å²) in [4.78, 5) is 0. The molecular formula is C14H13ClF2N2. The number of nitrogens with one attached hydrogen (secondary N) is 1. The minimum absolute atomic E-state index is 0.0487. The molecule has 1 unspecified atom stereocenters. The fraction of sp³-hybridized carbons (Fsp3) is 0.143. The van der Waals surface area contributed by atoms with Gasteiger partial charge in [-0.15, -0.1) is 0 Å². The molecule has 0 aliphatic heterocycles. The van der Waals surface area contributed by atoms with Crippen molar-refractivity contribution < 1.29 is 8.78 Å². The third-order valence-corrected chi connectivity index (χ3v) is 3.20. The average Bonchev–Trinajstić information content (AvgIpc) is 2.39. The van der Waals surface area contributed by atoms with Crippen LogP contribution in [0.1, 0.15) is 18.5 Å². The summed E-state index contributed by atoms with van der Waals surface area (Å²) in [6.45, 7) is 1.80. The van der Waals surface area contributed by atoms with Gasteiger partial charge in [-0.05, 0) is 30.7 Å². The van der Waals surface area contributed by atoms with Gasteiger partial charge < -0.3 is 11.1 Å². The molecular weight excluding hydrogens is 270 g/mol. The molecule has 0 bridgehead atoms. The molecule has 2 aromatic rings. The molecule has 100 valence electrons. The van der Waals surface area contributed by atoms with Crippen molar-refractivity contribution in [3.05, 3.63) is 58.6 Å². The standard InChI is InChI=1S/C14H13ClF2N2/c1-8(9-4-2-3-5-10(9)15)19-14-12(18)7-6-11(16)13(14)17/h2-8,19H,18H2,1H3. The Morgan fingerprint density at radius 3 is 2.53 bits per heavy atom. The van der Waals surface area contributed by atoms with Crippen molar-refractivity contribution in [1.82, 2.24) is 0 Å². The number of nitrogens with two attached hydrogens (primary N) is 1. The molecule has 0 radical (unpaired) electrons. The number of anilines is 2. The molecule has 0 spiro atoms. The van der Waals surface area contributed by atoms with Gasteiger partial charge in [0.1, 0.15) is 0 Å². The van der Waals surface area contributed by atoms with E-state index < -0.39 is 11.6 Å². The van der Waals surface area contributed by atoms with Gasteiger partial charge in [-0.1, -0.05) is 29.8 Å². The van der Waals surface area contributed by atoms with Crippen molar-refractivity contribution in [2.45, 2.75) is 13.0 Å². The molecule has 0 aliphatic rings. The lowest BCUT2D eigenvalue weighted by Gasteiger charge is -2.19. The zero-order chi connectivity index (χ0) is 14.0. The van der Waals surface area contributed by atoms with Crippen LogP contribution in [0.15, 0.2) is 36.4 Å². The molecule has 5 heteroatoms. The Morgan fingerprint density at radius 2 is 1.84 bits per heavy atom. The van der Waals surface area contributed by atoms with Crippen LogP contribution in [0.4, 0.5) is 20.2 Å². The molecule has 0 amide bonds. The third-order valence-electron chi connectivity index (χ3n) is 2.86. The normalized spacial score (nSPS) is 12.2. The van der Waals surface area contributed by atoms with Gasteiger partial charge in [-0.25, -0.2) is 8.78 Å². The van der Waals surface area contributed by atoms with E-state index in [2.05, 4.69) is 5.32 Å². The number of halogens is 3. The summed E-state index contributed by atoms with van der Waals surface area (Å²) in [5.74, 6) is -1.93. The number of benzene rings is 2. The third kappa shape index (κ3) is 2.79. The Kier molecular flexibility index (Phi) is 3.90. The first-order valence-electron chi connectivity index (χ1n) is 5.75. The van der Waals surface area contributed by atoms with Crippen LogP contribution in [0.5, 0.6) is 0 Å². The average molecular weight is 283 g/mol. The predicted octanol–water partition coefficient (Wildman–Crippen LogP) is 4.37. The van der Waals surface area contributed by atoms with E-state index in [0.717, 1.165) is 11.6 Å². The van der Waals surface area contributed by atoms with Crippen molar-refractivity contribution in [2.24, 2.45) is 0 Å². The Hall–Kier alpha value is -1.81. The summed E-state index contributed by atoms with van der Waals surface area (Å²) in [6, 6.07) is 9.19. The van der Waals surface area contributed by atoms with Gasteiger partial charge in [0.05, 0.1) is 17.4 Å². The number of nitrogen functional groups attached to an aromatic ring is 1. The summed E-state index contributed by atoms with van der Waals surface area (Å²) in [5, 5.41) is 3.41. The van der Waals surface area contributed by atoms with E-state index in [9.17, 15) is 8.78 Å². The van der Waals surface area contributed by atoms with Crippen molar-refractivity contribution in [2.75, 3.05) is 11.1 Å². The topological polar surface area (TPSA) is 38.0 Å². The molecule has 2 rings (SSSR count). The van der Waals surface area contributed by atoms with Crippen LogP contribution in [0.25, 0.3) is 0 Å². The lowest BCUT2D eigenvalue weighted by Crippen LogP contribution is -2.11. The fourth-order valence-electron chi connectivity index (χ4n) is 1.83. The Balaban J connectivity index is 2.32. The van der Waals surface area contributed by atoms with E-state index in [1.165, 1.54) is 6.07 Å². The Morgan fingerprint density at radius 1 is 1.16 bits per heavy atom. The van der Waals surface area contributed by atoms with Crippen LogP contribution in [0.2, 0.25) is 5.02 Å². The highest BCUT2D eigenvalue weighted by molar-refractivity contribution is 6.31. The van der Waals surface area contributed by atoms with E-state index in [-0.39, 0.29) is 17.4 Å². The van der Waals surface area contributed by atoms with Crippen LogP contribution < -0.4 is 11.1 Å². The van der Waals surface area contributed by atoms with Gasteiger partial charge in [-0.3, -0.25) is 0 Å². The summed E-state index contributed by atoms with van der Waals surface area (Å²) in [7, 11) is 0. The Labute approximate surface area is 115 Å². The van der Waals surface area contributed by atoms with Crippen LogP contribution in [0, 0.1) is 11.6 Å². The van der Waals surface area contributed by atoms with Gasteiger partial charge in [0, 0.05) is 5.02 Å². The van der Waals surface area contributed by atoms with Gasteiger partial charge in [0.2, 0.25) is 0 Å². The van der Waals surface area contributed by atoms with Gasteiger partial charge in [-0.2, -0.15) is 0 Å². The highest BCUT2D eigenvalue weighted by atomic mass is 35.5. The van der Waals surface area contributed by atoms with Crippen molar-refractivity contribution in [3.63, 3.8) is 0 Å². The summed E-state index contributed by atoms with van der Waals surface area (Å²) < 4.78 is 26.9. The highest BCUT2D eigenvalue weighted by Crippen LogP contribution is 2.30. The van der Waals surface area contributed by atoms with Crippen molar-refractivity contribution in [3.8, 4) is 0 Å². The molecule has 1 atom stereocenters. The molecule has 2 aromatic carbocycles. The first kappa shape index (κ1) is 13.6. The van der Waals surface area contributed by atoms with Crippen LogP contribution in [-0.4, -0.2) is 0 Å². The maximum absolute atomic E-state index is 13.7. The van der Waals surface area contributed by atoms with E-state index in [1.54, 1.807) is 19.1 Å². The molecule has 0 saturated carbocycles. The quantitative estimate of drug-likeness (QED) is 0.820. The summed E-state index contributed by atoms with van der Waals surface area (Å²) in [6.07, 6.45) is 0. The van der Waals surface area contributed by atoms with Crippen molar-refractivity contribution >= 4 is 23.0 Å². The van der Waals surface area contributed by atoms with Crippen LogP contribution >= 0.6 is 11.6 Å². The second-order valence-electron chi connectivity index (χ2n) is 4.21. The SMILES string of the molecule is CC(Nc1c(N)ccc(F)c1F)c1ccccc1Cl. The van der Waals surface area contributed by atoms with Gasteiger partial charge >= 0.3 is 0 Å². The smallest absolute Gasteiger partial charge is 0.183 e. The highest BCUT2D eigenvalue weighted by Gasteiger charge is 2.16. The van der Waals surface area contributed by atoms with Crippen molar-refractivity contribution in [1.29, 1.82) is 0 Å². The number of rotatable bonds is 3. The molecule has 19 heavy (non-hydrogen) atoms. The van der Waals surface area contributed by atoms with Crippen LogP contribution in [-0.2, 0) is 0 Å². The summed E-state index contributed by atoms with van der Waals surface area (Å²) >= 11 is 6.06. The second-order valence-corrected chi connectivity index (χ2v) is 4.62. The van der Waals surface area contributed by atoms with Crippen LogP contribution in [0.3, 0.4) is 0 Å². The fourth-order valence-corrected chi connectivity index (χ4v) is 2.13. The first-order chi connectivity index (χ1) is 9.00. The van der Waals surface area contributed by atoms with E-state index >= 15 is 0 Å². The minimum atomic E-state index is -0.987. The predicted molar refractivity (Wildman–Crippen MR) is 74.3 cm³/mol. The lowest BCUT2D eigenvalue weighted by atomic mass is 10.1. The largest absolute Gasteiger partial charge is 0.397 e. The van der Waals surface area contributed by atoms with E-state index in [1.807, 2.05) is 12.1 Å². The molecule has 0 aromatic heterocycles. The zero-order valence-corrected chi connectivity index (χ0v) is 11.0. The monoisotopic (exact) mass is 282 g/mol. The lowest BCUT2D eigenvalue weighted by molar-refractivity contribution is 0.510. The first-order valence-corrected chi connectivity index (χ1v) is 6.13. The Bertz CT molecular complexity index is 602. The minimum Gasteiger partial charge on any atom is -0.397 e. The maximum Gasteiger partial charge on any atom is 0.183 e. The van der Waals surface area contributed by atoms with Gasteiger partial charge in [0.15, 0.2) is 11.6 Å². The molecule has 2 nitrogen and oxygen atoms in total. The number of hydrogen-bond donors (Lipinski definition) is 2. The molecule has 0 fully saturated rings. The molecule has 0 saturated heterocycles. The van der Waals surface area contributed by atoms with E-state index in [0.29, 0.717) is 5.02 Å².